The van der Waals surface area contributed by atoms with Crippen molar-refractivity contribution in [3.8, 4) is 0 Å². The molecular weight excluding hydrogens is 514 g/mol. The summed E-state index contributed by atoms with van der Waals surface area (Å²) in [4.78, 5) is 32.5. The molecule has 2 amide bonds. The first-order chi connectivity index (χ1) is 19.5. The maximum Gasteiger partial charge on any atom is 0.265 e. The Morgan fingerprint density at radius 3 is 2.42 bits per heavy atom. The number of thioether (sulfide) groups is 1. The smallest absolute Gasteiger partial charge is 0.265 e. The molecule has 5 rings (SSSR count). The van der Waals surface area contributed by atoms with Crippen molar-refractivity contribution in [2.45, 2.75) is 24.8 Å². The molecular formula is C34H33N3O2S. The van der Waals surface area contributed by atoms with Gasteiger partial charge < -0.3 is 15.1 Å². The molecule has 1 heterocycles. The molecule has 1 aliphatic heterocycles. The fourth-order valence-electron chi connectivity index (χ4n) is 4.73. The number of nitrogens with zero attached hydrogens (tertiary/aromatic N) is 2. The van der Waals surface area contributed by atoms with Gasteiger partial charge in [0.25, 0.3) is 11.8 Å². The van der Waals surface area contributed by atoms with Gasteiger partial charge in [0.1, 0.15) is 0 Å². The fraction of sp³-hybridized carbons (Fsp3) is 0.176. The average Bonchev–Trinajstić information content (AvgIpc) is 2.98. The van der Waals surface area contributed by atoms with E-state index in [1.54, 1.807) is 4.90 Å². The monoisotopic (exact) mass is 547 g/mol. The summed E-state index contributed by atoms with van der Waals surface area (Å²) >= 11 is 1.45. The van der Waals surface area contributed by atoms with Crippen LogP contribution in [0, 0.1) is 6.92 Å². The van der Waals surface area contributed by atoms with E-state index in [0.717, 1.165) is 45.9 Å². The largest absolute Gasteiger partial charge is 0.375 e. The van der Waals surface area contributed by atoms with Crippen molar-refractivity contribution >= 4 is 41.0 Å². The Balaban J connectivity index is 1.34. The first kappa shape index (κ1) is 27.3. The predicted molar refractivity (Wildman–Crippen MR) is 166 cm³/mol. The van der Waals surface area contributed by atoms with E-state index >= 15 is 0 Å². The summed E-state index contributed by atoms with van der Waals surface area (Å²) in [6.45, 7) is 3.88. The van der Waals surface area contributed by atoms with Gasteiger partial charge in [-0.3, -0.25) is 9.59 Å². The molecule has 6 heteroatoms. The number of benzene rings is 4. The molecule has 0 saturated heterocycles. The Morgan fingerprint density at radius 2 is 1.68 bits per heavy atom. The lowest BCUT2D eigenvalue weighted by Crippen LogP contribution is -2.34. The maximum atomic E-state index is 13.8. The first-order valence-electron chi connectivity index (χ1n) is 13.5. The van der Waals surface area contributed by atoms with Crippen molar-refractivity contribution in [3.63, 3.8) is 0 Å². The van der Waals surface area contributed by atoms with E-state index in [1.165, 1.54) is 11.8 Å². The van der Waals surface area contributed by atoms with Gasteiger partial charge in [-0.15, -0.1) is 0 Å². The van der Waals surface area contributed by atoms with Gasteiger partial charge in [0, 0.05) is 36.3 Å². The van der Waals surface area contributed by atoms with E-state index in [-0.39, 0.29) is 11.8 Å². The molecule has 0 unspecified atom stereocenters. The normalized spacial score (nSPS) is 13.7. The number of nitrogens with one attached hydrogen (secondary N) is 1. The molecule has 202 valence electrons. The molecule has 0 spiro atoms. The fourth-order valence-corrected chi connectivity index (χ4v) is 5.77. The zero-order chi connectivity index (χ0) is 27.9. The van der Waals surface area contributed by atoms with Crippen molar-refractivity contribution in [1.29, 1.82) is 0 Å². The number of carbonyl (C=O) groups is 2. The molecule has 4 aromatic carbocycles. The van der Waals surface area contributed by atoms with Crippen LogP contribution in [-0.4, -0.2) is 32.0 Å². The van der Waals surface area contributed by atoms with Gasteiger partial charge in [-0.25, -0.2) is 0 Å². The number of amides is 2. The van der Waals surface area contributed by atoms with E-state index in [0.29, 0.717) is 23.6 Å². The quantitative estimate of drug-likeness (QED) is 0.182. The second kappa shape index (κ2) is 12.7. The van der Waals surface area contributed by atoms with Crippen LogP contribution in [0.2, 0.25) is 0 Å². The number of carbonyl (C=O) groups excluding carboxylic acids is 2. The highest BCUT2D eigenvalue weighted by molar-refractivity contribution is 8.04. The summed E-state index contributed by atoms with van der Waals surface area (Å²) in [6, 6.07) is 33.9. The third-order valence-corrected chi connectivity index (χ3v) is 7.94. The molecule has 40 heavy (non-hydrogen) atoms. The van der Waals surface area contributed by atoms with Crippen molar-refractivity contribution < 1.29 is 9.59 Å². The molecule has 0 aromatic heterocycles. The van der Waals surface area contributed by atoms with Gasteiger partial charge >= 0.3 is 0 Å². The minimum Gasteiger partial charge on any atom is -0.375 e. The molecule has 0 saturated carbocycles. The van der Waals surface area contributed by atoms with Crippen LogP contribution in [0.4, 0.5) is 11.4 Å². The van der Waals surface area contributed by atoms with Gasteiger partial charge in [-0.05, 0) is 60.9 Å². The Morgan fingerprint density at radius 1 is 0.925 bits per heavy atom. The Labute approximate surface area is 240 Å². The minimum atomic E-state index is -0.135. The van der Waals surface area contributed by atoms with E-state index in [9.17, 15) is 9.59 Å². The predicted octanol–water partition coefficient (Wildman–Crippen LogP) is 6.93. The number of anilines is 2. The van der Waals surface area contributed by atoms with E-state index < -0.39 is 0 Å². The van der Waals surface area contributed by atoms with Crippen LogP contribution in [0.5, 0.6) is 0 Å². The first-order valence-corrected chi connectivity index (χ1v) is 14.3. The molecule has 0 atom stereocenters. The van der Waals surface area contributed by atoms with Gasteiger partial charge in [0.15, 0.2) is 0 Å². The highest BCUT2D eigenvalue weighted by Crippen LogP contribution is 2.43. The number of hydrogen-bond acceptors (Lipinski definition) is 4. The Hall–Kier alpha value is -4.29. The Kier molecular flexibility index (Phi) is 8.67. The third kappa shape index (κ3) is 6.64. The van der Waals surface area contributed by atoms with Crippen molar-refractivity contribution in [2.75, 3.05) is 29.9 Å². The molecule has 0 fully saturated rings. The SMILES string of the molecule is Cc1cccc(CN2C(=O)/C(=C/c3ccccc3)Sc3ccc(C(=O)NCCCN(C)c4ccccc4)cc32)c1. The summed E-state index contributed by atoms with van der Waals surface area (Å²) in [5.41, 5.74) is 5.63. The number of rotatable bonds is 9. The highest BCUT2D eigenvalue weighted by atomic mass is 32.2. The zero-order valence-electron chi connectivity index (χ0n) is 22.8. The van der Waals surface area contributed by atoms with Crippen LogP contribution < -0.4 is 15.1 Å². The van der Waals surface area contributed by atoms with Gasteiger partial charge in [0.05, 0.1) is 17.1 Å². The number of aryl methyl sites for hydroxylation is 1. The third-order valence-electron chi connectivity index (χ3n) is 6.86. The Bertz CT molecular complexity index is 1520. The van der Waals surface area contributed by atoms with E-state index in [2.05, 4.69) is 35.5 Å². The van der Waals surface area contributed by atoms with Crippen LogP contribution in [-0.2, 0) is 11.3 Å². The summed E-state index contributed by atoms with van der Waals surface area (Å²) in [5, 5.41) is 3.05. The van der Waals surface area contributed by atoms with Crippen LogP contribution >= 0.6 is 11.8 Å². The summed E-state index contributed by atoms with van der Waals surface area (Å²) in [7, 11) is 2.05. The molecule has 1 aliphatic rings. The molecule has 5 nitrogen and oxygen atoms in total. The summed E-state index contributed by atoms with van der Waals surface area (Å²) in [6.07, 6.45) is 2.76. The van der Waals surface area contributed by atoms with Crippen LogP contribution in [0.25, 0.3) is 6.08 Å². The highest BCUT2D eigenvalue weighted by Gasteiger charge is 2.30. The van der Waals surface area contributed by atoms with Crippen molar-refractivity contribution in [3.05, 3.63) is 130 Å². The molecule has 0 radical (unpaired) electrons. The standard InChI is InChI=1S/C34H33N3O2S/c1-25-11-9-14-27(21-25)24-37-30-23-28(33(38)35-19-10-20-36(2)29-15-7-4-8-16-29)17-18-31(30)40-32(34(37)39)22-26-12-5-3-6-13-26/h3-9,11-18,21-23H,10,19-20,24H2,1-2H3,(H,35,38)/b32-22-. The number of hydrogen-bond donors (Lipinski definition) is 1. The lowest BCUT2D eigenvalue weighted by Gasteiger charge is -2.31. The second-order valence-corrected chi connectivity index (χ2v) is 11.0. The van der Waals surface area contributed by atoms with Crippen LogP contribution in [0.15, 0.2) is 113 Å². The van der Waals surface area contributed by atoms with Gasteiger partial charge in [-0.2, -0.15) is 0 Å². The maximum absolute atomic E-state index is 13.8. The summed E-state index contributed by atoms with van der Waals surface area (Å²) < 4.78 is 0. The lowest BCUT2D eigenvalue weighted by molar-refractivity contribution is -0.114. The topological polar surface area (TPSA) is 52.7 Å². The molecule has 0 bridgehead atoms. The number of para-hydroxylation sites is 1. The van der Waals surface area contributed by atoms with Gasteiger partial charge in [-0.1, -0.05) is 90.1 Å². The summed E-state index contributed by atoms with van der Waals surface area (Å²) in [5.74, 6) is -0.201. The van der Waals surface area contributed by atoms with Gasteiger partial charge in [0.2, 0.25) is 0 Å². The lowest BCUT2D eigenvalue weighted by atomic mass is 10.1. The minimum absolute atomic E-state index is 0.0654. The number of fused-ring (bicyclic) bond motifs is 1. The second-order valence-electron chi connectivity index (χ2n) is 9.95. The molecule has 0 aliphatic carbocycles. The molecule has 1 N–H and O–H groups in total. The van der Waals surface area contributed by atoms with Crippen LogP contribution in [0.1, 0.15) is 33.5 Å². The van der Waals surface area contributed by atoms with E-state index in [4.69, 9.17) is 0 Å². The molecule has 4 aromatic rings. The average molecular weight is 548 g/mol. The van der Waals surface area contributed by atoms with Crippen LogP contribution in [0.3, 0.4) is 0 Å². The zero-order valence-corrected chi connectivity index (χ0v) is 23.7. The van der Waals surface area contributed by atoms with Crippen molar-refractivity contribution in [1.82, 2.24) is 5.32 Å². The van der Waals surface area contributed by atoms with Crippen molar-refractivity contribution in [2.24, 2.45) is 0 Å². The van der Waals surface area contributed by atoms with E-state index in [1.807, 2.05) is 97.9 Å².